The first-order valence-corrected chi connectivity index (χ1v) is 11.4. The Morgan fingerprint density at radius 1 is 0.935 bits per heavy atom. The third kappa shape index (κ3) is 4.69. The van der Waals surface area contributed by atoms with Crippen LogP contribution >= 0.6 is 15.9 Å². The molecule has 0 saturated heterocycles. The van der Waals surface area contributed by atoms with E-state index in [0.717, 1.165) is 52.6 Å². The quantitative estimate of drug-likeness (QED) is 0.372. The topological polar surface area (TPSA) is 67.9 Å². The predicted octanol–water partition coefficient (Wildman–Crippen LogP) is 5.67. The number of aromatic nitrogens is 3. The molecule has 0 radical (unpaired) electrons. The highest BCUT2D eigenvalue weighted by Crippen LogP contribution is 2.29. The number of halogens is 1. The lowest BCUT2D eigenvalue weighted by atomic mass is 9.99. The van der Waals surface area contributed by atoms with Gasteiger partial charge in [-0.05, 0) is 68.1 Å². The van der Waals surface area contributed by atoms with Crippen molar-refractivity contribution in [2.45, 2.75) is 26.7 Å². The fourth-order valence-electron chi connectivity index (χ4n) is 3.91. The van der Waals surface area contributed by atoms with E-state index in [2.05, 4.69) is 93.2 Å². The number of rotatable bonds is 7. The van der Waals surface area contributed by atoms with Crippen LogP contribution in [0.1, 0.15) is 25.0 Å². The van der Waals surface area contributed by atoms with Crippen molar-refractivity contribution in [3.05, 3.63) is 76.5 Å². The average molecular weight is 476 g/mol. The molecule has 0 unspecified atom stereocenters. The van der Waals surface area contributed by atoms with Crippen molar-refractivity contribution in [3.8, 4) is 11.3 Å². The molecule has 0 bridgehead atoms. The Balaban J connectivity index is 1.72. The number of benzene rings is 2. The third-order valence-corrected chi connectivity index (χ3v) is 6.07. The monoisotopic (exact) mass is 475 g/mol. The number of nitrogens with two attached hydrogens (primary N) is 1. The molecule has 2 aromatic carbocycles. The maximum Gasteiger partial charge on any atom is 0.165 e. The molecule has 0 aliphatic heterocycles. The van der Waals surface area contributed by atoms with E-state index < -0.39 is 0 Å². The molecular weight excluding hydrogens is 450 g/mol. The number of hydrogen-bond acceptors (Lipinski definition) is 5. The molecule has 4 aromatic rings. The number of fused-ring (bicyclic) bond motifs is 1. The Kier molecular flexibility index (Phi) is 6.47. The first-order chi connectivity index (χ1) is 15.1. The molecule has 0 amide bonds. The standard InChI is InChI=1S/C25H26BrN5/c1-3-31(4-2)21-12-10-18(11-13-21)22-15-19(9-8-17-6-5-7-20(26)14-17)23-24(27)28-16-29-25(23)30-22/h5-7,10-16H,3-4,8-9H2,1-2H3,(H2,27,28,29,30). The second-order valence-electron chi connectivity index (χ2n) is 7.47. The summed E-state index contributed by atoms with van der Waals surface area (Å²) in [5.74, 6) is 0.477. The second-order valence-corrected chi connectivity index (χ2v) is 8.39. The van der Waals surface area contributed by atoms with Gasteiger partial charge in [0.05, 0.1) is 11.1 Å². The molecule has 2 N–H and O–H groups in total. The van der Waals surface area contributed by atoms with Gasteiger partial charge in [-0.25, -0.2) is 15.0 Å². The van der Waals surface area contributed by atoms with E-state index in [-0.39, 0.29) is 0 Å². The smallest absolute Gasteiger partial charge is 0.165 e. The lowest BCUT2D eigenvalue weighted by molar-refractivity contribution is 0.866. The predicted molar refractivity (Wildman–Crippen MR) is 132 cm³/mol. The van der Waals surface area contributed by atoms with Gasteiger partial charge in [0, 0.05) is 28.8 Å². The number of aryl methyl sites for hydroxylation is 2. The second kappa shape index (κ2) is 9.43. The van der Waals surface area contributed by atoms with Gasteiger partial charge >= 0.3 is 0 Å². The van der Waals surface area contributed by atoms with Crippen LogP contribution in [0.2, 0.25) is 0 Å². The summed E-state index contributed by atoms with van der Waals surface area (Å²) in [6.45, 7) is 6.31. The average Bonchev–Trinajstić information content (AvgIpc) is 2.79. The number of nitrogens with zero attached hydrogens (tertiary/aromatic N) is 4. The number of pyridine rings is 1. The lowest BCUT2D eigenvalue weighted by Gasteiger charge is -2.21. The number of hydrogen-bond donors (Lipinski definition) is 1. The molecule has 5 nitrogen and oxygen atoms in total. The largest absolute Gasteiger partial charge is 0.383 e. The molecule has 2 heterocycles. The summed E-state index contributed by atoms with van der Waals surface area (Å²) in [5, 5.41) is 0.848. The van der Waals surface area contributed by atoms with E-state index in [1.807, 2.05) is 6.07 Å². The van der Waals surface area contributed by atoms with Crippen molar-refractivity contribution in [3.63, 3.8) is 0 Å². The van der Waals surface area contributed by atoms with Crippen LogP contribution in [0.15, 0.2) is 65.4 Å². The highest BCUT2D eigenvalue weighted by Gasteiger charge is 2.13. The van der Waals surface area contributed by atoms with Gasteiger partial charge in [-0.15, -0.1) is 0 Å². The Bertz CT molecular complexity index is 1190. The maximum atomic E-state index is 6.22. The molecule has 31 heavy (non-hydrogen) atoms. The minimum absolute atomic E-state index is 0.477. The van der Waals surface area contributed by atoms with Gasteiger partial charge in [0.1, 0.15) is 12.1 Å². The Hall–Kier alpha value is -2.99. The van der Waals surface area contributed by atoms with E-state index in [0.29, 0.717) is 11.5 Å². The zero-order valence-electron chi connectivity index (χ0n) is 17.8. The van der Waals surface area contributed by atoms with E-state index in [1.165, 1.54) is 17.6 Å². The van der Waals surface area contributed by atoms with Crippen molar-refractivity contribution in [2.75, 3.05) is 23.7 Å². The summed E-state index contributed by atoms with van der Waals surface area (Å²) in [5.41, 5.74) is 12.4. The van der Waals surface area contributed by atoms with Crippen LogP contribution in [-0.2, 0) is 12.8 Å². The molecule has 158 valence electrons. The van der Waals surface area contributed by atoms with Crippen molar-refractivity contribution in [2.24, 2.45) is 0 Å². The van der Waals surface area contributed by atoms with E-state index in [4.69, 9.17) is 10.7 Å². The van der Waals surface area contributed by atoms with E-state index in [9.17, 15) is 0 Å². The van der Waals surface area contributed by atoms with Gasteiger partial charge in [-0.1, -0.05) is 40.2 Å². The summed E-state index contributed by atoms with van der Waals surface area (Å²) >= 11 is 3.55. The maximum absolute atomic E-state index is 6.22. The SMILES string of the molecule is CCN(CC)c1ccc(-c2cc(CCc3cccc(Br)c3)c3c(N)ncnc3n2)cc1. The first-order valence-electron chi connectivity index (χ1n) is 10.6. The van der Waals surface area contributed by atoms with Crippen molar-refractivity contribution in [1.29, 1.82) is 0 Å². The van der Waals surface area contributed by atoms with Crippen molar-refractivity contribution >= 4 is 38.5 Å². The summed E-state index contributed by atoms with van der Waals surface area (Å²) < 4.78 is 1.08. The van der Waals surface area contributed by atoms with Crippen LogP contribution in [0.5, 0.6) is 0 Å². The third-order valence-electron chi connectivity index (χ3n) is 5.58. The van der Waals surface area contributed by atoms with Gasteiger partial charge < -0.3 is 10.6 Å². The van der Waals surface area contributed by atoms with Crippen LogP contribution in [0.3, 0.4) is 0 Å². The lowest BCUT2D eigenvalue weighted by Crippen LogP contribution is -2.21. The molecule has 0 fully saturated rings. The molecule has 2 aromatic heterocycles. The molecule has 0 saturated carbocycles. The highest BCUT2D eigenvalue weighted by atomic mass is 79.9. The minimum Gasteiger partial charge on any atom is -0.383 e. The van der Waals surface area contributed by atoms with Gasteiger partial charge in [-0.2, -0.15) is 0 Å². The molecule has 0 aliphatic rings. The Labute approximate surface area is 191 Å². The fraction of sp³-hybridized carbons (Fsp3) is 0.240. The summed E-state index contributed by atoms with van der Waals surface area (Å²) in [7, 11) is 0. The molecular formula is C25H26BrN5. The van der Waals surface area contributed by atoms with E-state index >= 15 is 0 Å². The minimum atomic E-state index is 0.477. The van der Waals surface area contributed by atoms with Crippen LogP contribution < -0.4 is 10.6 Å². The molecule has 0 spiro atoms. The molecule has 0 atom stereocenters. The van der Waals surface area contributed by atoms with Crippen LogP contribution in [0, 0.1) is 0 Å². The Morgan fingerprint density at radius 3 is 2.42 bits per heavy atom. The van der Waals surface area contributed by atoms with Gasteiger partial charge in [0.2, 0.25) is 0 Å². The van der Waals surface area contributed by atoms with Crippen molar-refractivity contribution < 1.29 is 0 Å². The van der Waals surface area contributed by atoms with Crippen LogP contribution in [0.4, 0.5) is 11.5 Å². The summed E-state index contributed by atoms with van der Waals surface area (Å²) in [6.07, 6.45) is 3.21. The van der Waals surface area contributed by atoms with Crippen molar-refractivity contribution in [1.82, 2.24) is 15.0 Å². The Morgan fingerprint density at radius 2 is 1.71 bits per heavy atom. The normalized spacial score (nSPS) is 11.1. The van der Waals surface area contributed by atoms with Gasteiger partial charge in [0.25, 0.3) is 0 Å². The zero-order valence-corrected chi connectivity index (χ0v) is 19.4. The zero-order chi connectivity index (χ0) is 21.8. The number of nitrogen functional groups attached to an aromatic ring is 1. The summed E-state index contributed by atoms with van der Waals surface area (Å²) in [4.78, 5) is 15.7. The van der Waals surface area contributed by atoms with Crippen LogP contribution in [0.25, 0.3) is 22.3 Å². The number of anilines is 2. The molecule has 0 aliphatic carbocycles. The fourth-order valence-corrected chi connectivity index (χ4v) is 4.36. The highest BCUT2D eigenvalue weighted by molar-refractivity contribution is 9.10. The van der Waals surface area contributed by atoms with Crippen LogP contribution in [-0.4, -0.2) is 28.0 Å². The molecule has 4 rings (SSSR count). The van der Waals surface area contributed by atoms with Gasteiger partial charge in [0.15, 0.2) is 5.65 Å². The van der Waals surface area contributed by atoms with Gasteiger partial charge in [-0.3, -0.25) is 0 Å². The summed E-state index contributed by atoms with van der Waals surface area (Å²) in [6, 6.07) is 19.1. The van der Waals surface area contributed by atoms with E-state index in [1.54, 1.807) is 0 Å². The first kappa shape index (κ1) is 21.2. The molecule has 6 heteroatoms.